The first-order valence-electron chi connectivity index (χ1n) is 26.4. The van der Waals surface area contributed by atoms with Crippen LogP contribution in [0.3, 0.4) is 0 Å². The summed E-state index contributed by atoms with van der Waals surface area (Å²) in [6.45, 7) is 26.8. The Morgan fingerprint density at radius 3 is 1.74 bits per heavy atom. The quantitative estimate of drug-likeness (QED) is 0.162. The van der Waals surface area contributed by atoms with Crippen LogP contribution in [-0.4, -0.2) is 24.2 Å². The second kappa shape index (κ2) is 19.4. The number of aromatic hydroxyl groups is 1. The van der Waals surface area contributed by atoms with Crippen LogP contribution in [0.2, 0.25) is 0 Å². The molecule has 76 heavy (non-hydrogen) atoms. The van der Waals surface area contributed by atoms with Crippen molar-refractivity contribution >= 4 is 32.8 Å². The topological polar surface area (TPSA) is 55.9 Å². The van der Waals surface area contributed by atoms with E-state index in [0.717, 1.165) is 83.7 Å². The van der Waals surface area contributed by atoms with E-state index in [-0.39, 0.29) is 48.5 Å². The van der Waals surface area contributed by atoms with Gasteiger partial charge >= 0.3 is 0 Å². The van der Waals surface area contributed by atoms with Crippen molar-refractivity contribution in [2.75, 3.05) is 0 Å². The van der Waals surface area contributed by atoms with Gasteiger partial charge in [0.25, 0.3) is 0 Å². The summed E-state index contributed by atoms with van der Waals surface area (Å²) in [7, 11) is 0. The van der Waals surface area contributed by atoms with E-state index in [2.05, 4.69) is 274 Å². The Kier molecular flexibility index (Phi) is 13.3. The van der Waals surface area contributed by atoms with Gasteiger partial charge in [0, 0.05) is 60.5 Å². The van der Waals surface area contributed by atoms with Gasteiger partial charge in [0.05, 0.1) is 33.3 Å². The SMILES string of the molecule is CC(C)(C)c1cc(-c2cc(-c3ccc4c5ccccc5n(-c5ccccc5)c4c3)ccn2)[c-]c(-c2cccc3c2nc(-c2cc(C(C)(C)C)cc(C(C)(C)C)c2O)n3-c2ccc(C(C)(C)C)cc2-c2ccccc2)c1.[Pt]. The molecule has 0 fully saturated rings. The number of phenolic OH excluding ortho intramolecular Hbond substituents is 1. The number of rotatable bonds is 7. The molecule has 1 N–H and O–H groups in total. The van der Waals surface area contributed by atoms with E-state index in [1.807, 2.05) is 6.20 Å². The summed E-state index contributed by atoms with van der Waals surface area (Å²) in [5, 5.41) is 15.1. The molecule has 0 atom stereocenters. The molecular weight excluding hydrogens is 1110 g/mol. The number of aromatic nitrogens is 4. The first-order valence-corrected chi connectivity index (χ1v) is 26.4. The number of pyridine rings is 1. The number of para-hydroxylation sites is 3. The minimum atomic E-state index is -0.343. The molecule has 3 aromatic heterocycles. The van der Waals surface area contributed by atoms with E-state index in [4.69, 9.17) is 9.97 Å². The van der Waals surface area contributed by atoms with Crippen molar-refractivity contribution in [3.05, 3.63) is 210 Å². The summed E-state index contributed by atoms with van der Waals surface area (Å²) in [6.07, 6.45) is 1.92. The molecule has 0 aliphatic heterocycles. The maximum Gasteiger partial charge on any atom is 0.148 e. The van der Waals surface area contributed by atoms with Gasteiger partial charge in [0.15, 0.2) is 0 Å². The fourth-order valence-electron chi connectivity index (χ4n) is 10.6. The maximum absolute atomic E-state index is 12.7. The van der Waals surface area contributed by atoms with Crippen molar-refractivity contribution < 1.29 is 26.2 Å². The molecule has 384 valence electrons. The predicted molar refractivity (Wildman–Crippen MR) is 316 cm³/mol. The second-order valence-corrected chi connectivity index (χ2v) is 24.5. The standard InChI is InChI=1S/C70H67N4O.Pt/c1-67(2,3)49-31-33-61(56(41-49)44-22-15-13-16-23-44)74-62-29-21-27-53(64(62)72-66(74)57-42-51(69(7,8)9)43-58(65(57)75)70(10,11)12)47-36-48(38-50(37-47)68(4,5)6)59-39-46(34-35-71-59)45-30-32-55-54-26-19-20-28-60(54)73(63(55)40-45)52-24-17-14-18-25-52;/h13-35,37-43,75H,1-12H3;/q-1;. The van der Waals surface area contributed by atoms with E-state index in [1.165, 1.54) is 27.4 Å². The summed E-state index contributed by atoms with van der Waals surface area (Å²) >= 11 is 0. The van der Waals surface area contributed by atoms with Gasteiger partial charge < -0.3 is 9.67 Å². The number of benzene rings is 8. The normalized spacial score (nSPS) is 12.4. The molecule has 5 nitrogen and oxygen atoms in total. The number of imidazole rings is 1. The van der Waals surface area contributed by atoms with Crippen LogP contribution in [0.1, 0.15) is 105 Å². The minimum absolute atomic E-state index is 0. The van der Waals surface area contributed by atoms with Gasteiger partial charge in [-0.1, -0.05) is 203 Å². The summed E-state index contributed by atoms with van der Waals surface area (Å²) < 4.78 is 4.65. The number of hydrogen-bond acceptors (Lipinski definition) is 3. The summed E-state index contributed by atoms with van der Waals surface area (Å²) in [4.78, 5) is 10.8. The van der Waals surface area contributed by atoms with Gasteiger partial charge in [-0.2, -0.15) is 0 Å². The van der Waals surface area contributed by atoms with Crippen molar-refractivity contribution in [1.82, 2.24) is 19.1 Å². The molecule has 3 heterocycles. The molecule has 0 spiro atoms. The monoisotopic (exact) mass is 1170 g/mol. The summed E-state index contributed by atoms with van der Waals surface area (Å²) in [5.41, 5.74) is 18.5. The number of phenols is 1. The van der Waals surface area contributed by atoms with Crippen molar-refractivity contribution in [3.63, 3.8) is 0 Å². The van der Waals surface area contributed by atoms with Crippen LogP contribution in [0.5, 0.6) is 5.75 Å². The summed E-state index contributed by atoms with van der Waals surface area (Å²) in [5.74, 6) is 0.925. The maximum atomic E-state index is 12.7. The van der Waals surface area contributed by atoms with Gasteiger partial charge in [-0.05, 0) is 104 Å². The number of nitrogens with zero attached hydrogens (tertiary/aromatic N) is 4. The third-order valence-electron chi connectivity index (χ3n) is 15.0. The molecule has 0 bridgehead atoms. The third-order valence-corrected chi connectivity index (χ3v) is 15.0. The van der Waals surface area contributed by atoms with Gasteiger partial charge in [0.1, 0.15) is 11.6 Å². The molecule has 8 aromatic carbocycles. The smallest absolute Gasteiger partial charge is 0.148 e. The predicted octanol–water partition coefficient (Wildman–Crippen LogP) is 18.5. The Morgan fingerprint density at radius 2 is 1.04 bits per heavy atom. The van der Waals surface area contributed by atoms with Crippen LogP contribution < -0.4 is 0 Å². The van der Waals surface area contributed by atoms with E-state index < -0.39 is 0 Å². The van der Waals surface area contributed by atoms with Crippen LogP contribution in [0.4, 0.5) is 0 Å². The number of hydrogen-bond donors (Lipinski definition) is 1. The van der Waals surface area contributed by atoms with Crippen LogP contribution in [-0.2, 0) is 42.7 Å². The molecule has 0 saturated carbocycles. The van der Waals surface area contributed by atoms with E-state index in [0.29, 0.717) is 11.4 Å². The fraction of sp³-hybridized carbons (Fsp3) is 0.229. The van der Waals surface area contributed by atoms with Crippen LogP contribution >= 0.6 is 0 Å². The third kappa shape index (κ3) is 9.53. The minimum Gasteiger partial charge on any atom is -0.507 e. The Labute approximate surface area is 463 Å². The number of fused-ring (bicyclic) bond motifs is 4. The Hall–Kier alpha value is -7.33. The van der Waals surface area contributed by atoms with Crippen molar-refractivity contribution in [1.29, 1.82) is 0 Å². The molecule has 0 amide bonds. The van der Waals surface area contributed by atoms with Gasteiger partial charge in [0.2, 0.25) is 0 Å². The van der Waals surface area contributed by atoms with E-state index >= 15 is 0 Å². The molecular formula is C70H67N4OPt-. The molecule has 11 aromatic rings. The average Bonchev–Trinajstić information content (AvgIpc) is 3.99. The Bertz CT molecular complexity index is 3980. The Morgan fingerprint density at radius 1 is 0.434 bits per heavy atom. The first kappa shape index (κ1) is 52.1. The average molecular weight is 1180 g/mol. The molecule has 0 aliphatic rings. The molecule has 0 unspecified atom stereocenters. The largest absolute Gasteiger partial charge is 0.507 e. The zero-order chi connectivity index (χ0) is 52.8. The summed E-state index contributed by atoms with van der Waals surface area (Å²) in [6, 6.07) is 67.1. The zero-order valence-corrected chi connectivity index (χ0v) is 48.1. The van der Waals surface area contributed by atoms with Crippen LogP contribution in [0.15, 0.2) is 182 Å². The van der Waals surface area contributed by atoms with Gasteiger partial charge in [-0.15, -0.1) is 29.3 Å². The zero-order valence-electron chi connectivity index (χ0n) is 45.9. The molecule has 0 saturated heterocycles. The molecule has 11 rings (SSSR count). The fourth-order valence-corrected chi connectivity index (χ4v) is 10.6. The van der Waals surface area contributed by atoms with Crippen molar-refractivity contribution in [2.45, 2.75) is 105 Å². The van der Waals surface area contributed by atoms with E-state index in [1.54, 1.807) is 0 Å². The van der Waals surface area contributed by atoms with Crippen LogP contribution in [0.25, 0.3) is 100 Å². The van der Waals surface area contributed by atoms with Gasteiger partial charge in [-0.25, -0.2) is 4.98 Å². The Balaban J connectivity index is 0.00000657. The first-order chi connectivity index (χ1) is 35.6. The van der Waals surface area contributed by atoms with E-state index in [9.17, 15) is 5.11 Å². The van der Waals surface area contributed by atoms with Crippen molar-refractivity contribution in [3.8, 4) is 73.2 Å². The molecule has 6 heteroatoms. The van der Waals surface area contributed by atoms with Crippen molar-refractivity contribution in [2.24, 2.45) is 0 Å². The van der Waals surface area contributed by atoms with Crippen LogP contribution in [0, 0.1) is 6.07 Å². The molecule has 0 aliphatic carbocycles. The molecule has 0 radical (unpaired) electrons. The second-order valence-electron chi connectivity index (χ2n) is 24.5. The van der Waals surface area contributed by atoms with Gasteiger partial charge in [-0.3, -0.25) is 9.55 Å².